The molecular formula is C18H22F4N2O3. The number of nitrogens with zero attached hydrogens (tertiary/aromatic N) is 1. The van der Waals surface area contributed by atoms with Gasteiger partial charge in [-0.05, 0) is 49.8 Å². The number of carboxylic acid groups (broad SMARTS) is 1. The van der Waals surface area contributed by atoms with Crippen molar-refractivity contribution in [1.29, 1.82) is 0 Å². The molecule has 2 aliphatic rings. The van der Waals surface area contributed by atoms with Crippen LogP contribution >= 0.6 is 0 Å². The normalized spacial score (nSPS) is 25.3. The lowest BCUT2D eigenvalue weighted by Gasteiger charge is -2.43. The van der Waals surface area contributed by atoms with Gasteiger partial charge in [0, 0.05) is 24.5 Å². The van der Waals surface area contributed by atoms with E-state index in [1.165, 1.54) is 12.1 Å². The summed E-state index contributed by atoms with van der Waals surface area (Å²) in [6.45, 7) is 0.520. The highest BCUT2D eigenvalue weighted by atomic mass is 19.4. The number of carbonyl (C=O) groups is 2. The average molecular weight is 390 g/mol. The van der Waals surface area contributed by atoms with E-state index in [1.807, 2.05) is 11.0 Å². The largest absolute Gasteiger partial charge is 0.490 e. The number of hydrogen-bond acceptors (Lipinski definition) is 3. The summed E-state index contributed by atoms with van der Waals surface area (Å²) < 4.78 is 45.0. The first-order chi connectivity index (χ1) is 12.5. The Morgan fingerprint density at radius 1 is 1.26 bits per heavy atom. The van der Waals surface area contributed by atoms with Gasteiger partial charge < -0.3 is 15.7 Å². The molecule has 0 bridgehead atoms. The molecule has 3 rings (SSSR count). The minimum Gasteiger partial charge on any atom is -0.475 e. The fraction of sp³-hybridized carbons (Fsp3) is 0.556. The van der Waals surface area contributed by atoms with Crippen molar-refractivity contribution in [2.75, 3.05) is 0 Å². The van der Waals surface area contributed by atoms with Crippen LogP contribution in [0.1, 0.15) is 44.1 Å². The third-order valence-corrected chi connectivity index (χ3v) is 5.11. The molecule has 1 aliphatic carbocycles. The number of hydrogen-bond donors (Lipinski definition) is 2. The van der Waals surface area contributed by atoms with Gasteiger partial charge in [0.1, 0.15) is 5.82 Å². The second kappa shape index (κ2) is 8.24. The minimum atomic E-state index is -5.08. The van der Waals surface area contributed by atoms with E-state index in [2.05, 4.69) is 0 Å². The molecule has 1 aromatic carbocycles. The Labute approximate surface area is 154 Å². The number of benzene rings is 1. The molecular weight excluding hydrogens is 368 g/mol. The molecule has 0 atom stereocenters. The van der Waals surface area contributed by atoms with Crippen LogP contribution in [0.15, 0.2) is 24.3 Å². The van der Waals surface area contributed by atoms with E-state index in [-0.39, 0.29) is 23.3 Å². The smallest absolute Gasteiger partial charge is 0.475 e. The lowest BCUT2D eigenvalue weighted by molar-refractivity contribution is -0.192. The summed E-state index contributed by atoms with van der Waals surface area (Å²) in [5.74, 6) is -2.80. The lowest BCUT2D eigenvalue weighted by Crippen LogP contribution is -2.49. The van der Waals surface area contributed by atoms with Gasteiger partial charge in [-0.15, -0.1) is 0 Å². The number of aliphatic carboxylic acids is 1. The molecule has 1 spiro atoms. The Kier molecular flexibility index (Phi) is 6.46. The number of amides is 1. The van der Waals surface area contributed by atoms with E-state index in [0.29, 0.717) is 13.0 Å². The monoisotopic (exact) mass is 390 g/mol. The zero-order valence-electron chi connectivity index (χ0n) is 14.6. The molecule has 1 saturated heterocycles. The number of likely N-dealkylation sites (tertiary alicyclic amines) is 1. The number of nitrogens with two attached hydrogens (primary N) is 1. The molecule has 1 amide bonds. The maximum Gasteiger partial charge on any atom is 0.490 e. The Balaban J connectivity index is 0.000000321. The minimum absolute atomic E-state index is 0.0285. The average Bonchev–Trinajstić information content (AvgIpc) is 2.87. The standard InChI is InChI=1S/C16H21FN2O.C2HF3O2/c17-13-3-1-2-12(10-13)11-19-15(20)6-9-16(19)7-4-14(18)5-8-16;3-2(4,5)1(6)7/h1-3,10,14H,4-9,11,18H2;(H,6,7). The summed E-state index contributed by atoms with van der Waals surface area (Å²) in [6, 6.07) is 6.82. The van der Waals surface area contributed by atoms with Crippen molar-refractivity contribution >= 4 is 11.9 Å². The highest BCUT2D eigenvalue weighted by Gasteiger charge is 2.46. The fourth-order valence-corrected chi connectivity index (χ4v) is 3.65. The second-order valence-electron chi connectivity index (χ2n) is 6.97. The summed E-state index contributed by atoms with van der Waals surface area (Å²) in [5, 5.41) is 7.12. The maximum atomic E-state index is 13.3. The molecule has 1 aliphatic heterocycles. The molecule has 1 heterocycles. The van der Waals surface area contributed by atoms with Crippen molar-refractivity contribution in [2.24, 2.45) is 5.73 Å². The SMILES string of the molecule is NC1CCC2(CCC(=O)N2Cc2cccc(F)c2)CC1.O=C(O)C(F)(F)F. The van der Waals surface area contributed by atoms with Gasteiger partial charge in [0.25, 0.3) is 0 Å². The van der Waals surface area contributed by atoms with Crippen LogP contribution in [0.25, 0.3) is 0 Å². The molecule has 1 aromatic rings. The Bertz CT molecular complexity index is 685. The summed E-state index contributed by atoms with van der Waals surface area (Å²) in [4.78, 5) is 23.1. The Morgan fingerprint density at radius 3 is 2.37 bits per heavy atom. The van der Waals surface area contributed by atoms with E-state index < -0.39 is 12.1 Å². The highest BCUT2D eigenvalue weighted by molar-refractivity contribution is 5.79. The summed E-state index contributed by atoms with van der Waals surface area (Å²) >= 11 is 0. The second-order valence-corrected chi connectivity index (χ2v) is 6.97. The van der Waals surface area contributed by atoms with Gasteiger partial charge in [-0.1, -0.05) is 12.1 Å². The van der Waals surface area contributed by atoms with Gasteiger partial charge in [-0.25, -0.2) is 9.18 Å². The van der Waals surface area contributed by atoms with Crippen molar-refractivity contribution < 1.29 is 32.3 Å². The van der Waals surface area contributed by atoms with Crippen LogP contribution in [0.3, 0.4) is 0 Å². The number of halogens is 4. The lowest BCUT2D eigenvalue weighted by atomic mass is 9.78. The van der Waals surface area contributed by atoms with Gasteiger partial charge in [-0.2, -0.15) is 13.2 Å². The van der Waals surface area contributed by atoms with Crippen molar-refractivity contribution in [2.45, 2.75) is 62.8 Å². The van der Waals surface area contributed by atoms with E-state index in [0.717, 1.165) is 37.7 Å². The molecule has 5 nitrogen and oxygen atoms in total. The van der Waals surface area contributed by atoms with E-state index in [9.17, 15) is 22.4 Å². The predicted molar refractivity (Wildman–Crippen MR) is 89.0 cm³/mol. The number of carbonyl (C=O) groups excluding carboxylic acids is 1. The molecule has 2 fully saturated rings. The number of alkyl halides is 3. The first-order valence-corrected chi connectivity index (χ1v) is 8.64. The molecule has 3 N–H and O–H groups in total. The molecule has 1 saturated carbocycles. The van der Waals surface area contributed by atoms with Gasteiger partial charge in [-0.3, -0.25) is 4.79 Å². The fourth-order valence-electron chi connectivity index (χ4n) is 3.65. The Morgan fingerprint density at radius 2 is 1.85 bits per heavy atom. The Hall–Kier alpha value is -2.16. The van der Waals surface area contributed by atoms with E-state index in [1.54, 1.807) is 6.07 Å². The van der Waals surface area contributed by atoms with Crippen LogP contribution in [0, 0.1) is 5.82 Å². The molecule has 0 radical (unpaired) electrons. The quantitative estimate of drug-likeness (QED) is 0.760. The van der Waals surface area contributed by atoms with Crippen LogP contribution < -0.4 is 5.73 Å². The third-order valence-electron chi connectivity index (χ3n) is 5.11. The number of rotatable bonds is 2. The summed E-state index contributed by atoms with van der Waals surface area (Å²) in [7, 11) is 0. The third kappa shape index (κ3) is 5.41. The molecule has 9 heteroatoms. The summed E-state index contributed by atoms with van der Waals surface area (Å²) in [6.07, 6.45) is 0.378. The van der Waals surface area contributed by atoms with Gasteiger partial charge in [0.05, 0.1) is 0 Å². The van der Waals surface area contributed by atoms with Crippen molar-refractivity contribution in [3.8, 4) is 0 Å². The van der Waals surface area contributed by atoms with Crippen LogP contribution in [-0.4, -0.2) is 39.6 Å². The van der Waals surface area contributed by atoms with Crippen LogP contribution in [0.2, 0.25) is 0 Å². The van der Waals surface area contributed by atoms with Gasteiger partial charge in [0.15, 0.2) is 0 Å². The van der Waals surface area contributed by atoms with Crippen LogP contribution in [-0.2, 0) is 16.1 Å². The molecule has 0 aromatic heterocycles. The molecule has 0 unspecified atom stereocenters. The van der Waals surface area contributed by atoms with Crippen LogP contribution in [0.4, 0.5) is 17.6 Å². The molecule has 27 heavy (non-hydrogen) atoms. The van der Waals surface area contributed by atoms with Crippen molar-refractivity contribution in [3.05, 3.63) is 35.6 Å². The van der Waals surface area contributed by atoms with Crippen molar-refractivity contribution in [3.63, 3.8) is 0 Å². The summed E-state index contributed by atoms with van der Waals surface area (Å²) in [5.41, 5.74) is 6.83. The molecule has 150 valence electrons. The predicted octanol–water partition coefficient (Wildman–Crippen LogP) is 3.22. The first kappa shape index (κ1) is 21.1. The topological polar surface area (TPSA) is 83.6 Å². The van der Waals surface area contributed by atoms with Gasteiger partial charge >= 0.3 is 12.1 Å². The van der Waals surface area contributed by atoms with Crippen LogP contribution in [0.5, 0.6) is 0 Å². The highest BCUT2D eigenvalue weighted by Crippen LogP contribution is 2.42. The van der Waals surface area contributed by atoms with E-state index >= 15 is 0 Å². The van der Waals surface area contributed by atoms with Crippen molar-refractivity contribution in [1.82, 2.24) is 4.90 Å². The maximum absolute atomic E-state index is 13.3. The first-order valence-electron chi connectivity index (χ1n) is 8.64. The van der Waals surface area contributed by atoms with E-state index in [4.69, 9.17) is 15.6 Å². The zero-order valence-corrected chi connectivity index (χ0v) is 14.6. The van der Waals surface area contributed by atoms with Gasteiger partial charge in [0.2, 0.25) is 5.91 Å². The zero-order chi connectivity index (χ0) is 20.2. The number of carboxylic acids is 1.